The standard InChI is InChI=1S/C12H16BrClO/c1-2-3-4-7-15-12-6-5-10(9-13)8-11(12)14/h5-6,8H,2-4,7,9H2,1H3. The Hall–Kier alpha value is -0.210. The molecule has 0 aliphatic heterocycles. The van der Waals surface area contributed by atoms with Gasteiger partial charge in [0, 0.05) is 5.33 Å². The summed E-state index contributed by atoms with van der Waals surface area (Å²) in [5.74, 6) is 0.789. The van der Waals surface area contributed by atoms with Crippen LogP contribution in [-0.2, 0) is 5.33 Å². The number of ether oxygens (including phenoxy) is 1. The van der Waals surface area contributed by atoms with Gasteiger partial charge in [0.2, 0.25) is 0 Å². The summed E-state index contributed by atoms with van der Waals surface area (Å²) in [6, 6.07) is 5.89. The number of hydrogen-bond donors (Lipinski definition) is 0. The first-order valence-corrected chi connectivity index (χ1v) is 6.75. The lowest BCUT2D eigenvalue weighted by molar-refractivity contribution is 0.306. The molecule has 0 aromatic heterocycles. The summed E-state index contributed by atoms with van der Waals surface area (Å²) >= 11 is 9.47. The topological polar surface area (TPSA) is 9.23 Å². The number of rotatable bonds is 6. The molecule has 0 saturated heterocycles. The van der Waals surface area contributed by atoms with Crippen molar-refractivity contribution < 1.29 is 4.74 Å². The van der Waals surface area contributed by atoms with Crippen LogP contribution in [0, 0.1) is 0 Å². The fourth-order valence-corrected chi connectivity index (χ4v) is 1.89. The van der Waals surface area contributed by atoms with Gasteiger partial charge in [-0.25, -0.2) is 0 Å². The van der Waals surface area contributed by atoms with Crippen molar-refractivity contribution in [1.82, 2.24) is 0 Å². The van der Waals surface area contributed by atoms with Crippen LogP contribution in [0.15, 0.2) is 18.2 Å². The summed E-state index contributed by atoms with van der Waals surface area (Å²) in [6.45, 7) is 2.93. The normalized spacial score (nSPS) is 10.3. The van der Waals surface area contributed by atoms with E-state index in [-0.39, 0.29) is 0 Å². The zero-order chi connectivity index (χ0) is 11.1. The monoisotopic (exact) mass is 290 g/mol. The first kappa shape index (κ1) is 12.9. The Bertz CT molecular complexity index is 302. The Labute approximate surface area is 105 Å². The maximum Gasteiger partial charge on any atom is 0.137 e. The number of benzene rings is 1. The maximum absolute atomic E-state index is 6.08. The molecule has 84 valence electrons. The summed E-state index contributed by atoms with van der Waals surface area (Å²) in [6.07, 6.45) is 3.50. The molecule has 0 fully saturated rings. The minimum atomic E-state index is 0.698. The first-order chi connectivity index (χ1) is 7.27. The molecule has 0 aliphatic rings. The number of halogens is 2. The second-order valence-electron chi connectivity index (χ2n) is 3.45. The van der Waals surface area contributed by atoms with Crippen molar-refractivity contribution in [3.8, 4) is 5.75 Å². The maximum atomic E-state index is 6.08. The van der Waals surface area contributed by atoms with Crippen LogP contribution in [-0.4, -0.2) is 6.61 Å². The van der Waals surface area contributed by atoms with E-state index in [9.17, 15) is 0 Å². The molecule has 0 spiro atoms. The second kappa shape index (κ2) is 7.13. The van der Waals surface area contributed by atoms with Crippen LogP contribution in [0.25, 0.3) is 0 Å². The van der Waals surface area contributed by atoms with E-state index in [1.165, 1.54) is 18.4 Å². The summed E-state index contributed by atoms with van der Waals surface area (Å²) in [7, 11) is 0. The first-order valence-electron chi connectivity index (χ1n) is 5.25. The van der Waals surface area contributed by atoms with Crippen molar-refractivity contribution in [2.45, 2.75) is 31.5 Å². The van der Waals surface area contributed by atoms with Gasteiger partial charge >= 0.3 is 0 Å². The van der Waals surface area contributed by atoms with E-state index < -0.39 is 0 Å². The zero-order valence-electron chi connectivity index (χ0n) is 8.93. The van der Waals surface area contributed by atoms with E-state index >= 15 is 0 Å². The molecule has 0 aliphatic carbocycles. The van der Waals surface area contributed by atoms with E-state index in [4.69, 9.17) is 16.3 Å². The zero-order valence-corrected chi connectivity index (χ0v) is 11.3. The number of hydrogen-bond acceptors (Lipinski definition) is 1. The summed E-state index contributed by atoms with van der Waals surface area (Å²) < 4.78 is 5.59. The number of unbranched alkanes of at least 4 members (excludes halogenated alkanes) is 2. The Kier molecular flexibility index (Phi) is 6.11. The summed E-state index contributed by atoms with van der Waals surface area (Å²) in [4.78, 5) is 0. The summed E-state index contributed by atoms with van der Waals surface area (Å²) in [5.41, 5.74) is 1.17. The van der Waals surface area contributed by atoms with E-state index in [0.29, 0.717) is 5.02 Å². The second-order valence-corrected chi connectivity index (χ2v) is 4.42. The van der Waals surface area contributed by atoms with Crippen molar-refractivity contribution in [2.24, 2.45) is 0 Å². The van der Waals surface area contributed by atoms with E-state index in [1.807, 2.05) is 18.2 Å². The largest absolute Gasteiger partial charge is 0.492 e. The highest BCUT2D eigenvalue weighted by molar-refractivity contribution is 9.08. The third-order valence-corrected chi connectivity index (χ3v) is 3.10. The minimum absolute atomic E-state index is 0.698. The van der Waals surface area contributed by atoms with Crippen LogP contribution in [0.1, 0.15) is 31.7 Å². The van der Waals surface area contributed by atoms with Crippen molar-refractivity contribution in [3.63, 3.8) is 0 Å². The Morgan fingerprint density at radius 1 is 1.33 bits per heavy atom. The lowest BCUT2D eigenvalue weighted by atomic mass is 10.2. The third-order valence-electron chi connectivity index (χ3n) is 2.16. The van der Waals surface area contributed by atoms with E-state index in [1.54, 1.807) is 0 Å². The fraction of sp³-hybridized carbons (Fsp3) is 0.500. The molecule has 0 unspecified atom stereocenters. The molecule has 0 saturated carbocycles. The predicted octanol–water partition coefficient (Wildman–Crippen LogP) is 4.80. The van der Waals surface area contributed by atoms with E-state index in [0.717, 1.165) is 24.1 Å². The van der Waals surface area contributed by atoms with Gasteiger partial charge in [-0.15, -0.1) is 0 Å². The molecule has 1 aromatic carbocycles. The highest BCUT2D eigenvalue weighted by Crippen LogP contribution is 2.26. The molecule has 0 radical (unpaired) electrons. The lowest BCUT2D eigenvalue weighted by Crippen LogP contribution is -1.97. The fourth-order valence-electron chi connectivity index (χ4n) is 1.28. The molecule has 3 heteroatoms. The molecule has 0 heterocycles. The Morgan fingerprint density at radius 2 is 2.13 bits per heavy atom. The van der Waals surface area contributed by atoms with E-state index in [2.05, 4.69) is 22.9 Å². The van der Waals surface area contributed by atoms with Gasteiger partial charge in [0.25, 0.3) is 0 Å². The molecule has 0 N–H and O–H groups in total. The smallest absolute Gasteiger partial charge is 0.137 e. The van der Waals surface area contributed by atoms with Crippen LogP contribution in [0.4, 0.5) is 0 Å². The molecular formula is C12H16BrClO. The molecule has 0 bridgehead atoms. The predicted molar refractivity (Wildman–Crippen MR) is 69.1 cm³/mol. The molecule has 1 nitrogen and oxygen atoms in total. The molecule has 1 rings (SSSR count). The molecule has 1 aromatic rings. The van der Waals surface area contributed by atoms with Gasteiger partial charge in [-0.3, -0.25) is 0 Å². The third kappa shape index (κ3) is 4.43. The van der Waals surface area contributed by atoms with Crippen LogP contribution >= 0.6 is 27.5 Å². The van der Waals surface area contributed by atoms with Crippen molar-refractivity contribution >= 4 is 27.5 Å². The van der Waals surface area contributed by atoms with Gasteiger partial charge in [0.1, 0.15) is 5.75 Å². The average molecular weight is 292 g/mol. The van der Waals surface area contributed by atoms with Gasteiger partial charge in [0.15, 0.2) is 0 Å². The highest BCUT2D eigenvalue weighted by atomic mass is 79.9. The van der Waals surface area contributed by atoms with Crippen molar-refractivity contribution in [3.05, 3.63) is 28.8 Å². The van der Waals surface area contributed by atoms with Gasteiger partial charge in [-0.2, -0.15) is 0 Å². The molecule has 15 heavy (non-hydrogen) atoms. The van der Waals surface area contributed by atoms with Crippen LogP contribution in [0.3, 0.4) is 0 Å². The highest BCUT2D eigenvalue weighted by Gasteiger charge is 2.02. The molecule has 0 amide bonds. The van der Waals surface area contributed by atoms with Crippen molar-refractivity contribution in [1.29, 1.82) is 0 Å². The molecule has 0 atom stereocenters. The van der Waals surface area contributed by atoms with Crippen LogP contribution in [0.2, 0.25) is 5.02 Å². The van der Waals surface area contributed by atoms with Crippen LogP contribution in [0.5, 0.6) is 5.75 Å². The van der Waals surface area contributed by atoms with Crippen LogP contribution < -0.4 is 4.74 Å². The lowest BCUT2D eigenvalue weighted by Gasteiger charge is -2.08. The van der Waals surface area contributed by atoms with Gasteiger partial charge in [-0.05, 0) is 24.1 Å². The average Bonchev–Trinajstić information content (AvgIpc) is 2.26. The van der Waals surface area contributed by atoms with Gasteiger partial charge in [-0.1, -0.05) is 53.4 Å². The minimum Gasteiger partial charge on any atom is -0.492 e. The Balaban J connectivity index is 2.47. The summed E-state index contributed by atoms with van der Waals surface area (Å²) in [5, 5.41) is 1.52. The quantitative estimate of drug-likeness (QED) is 0.540. The Morgan fingerprint density at radius 3 is 2.73 bits per heavy atom. The SMILES string of the molecule is CCCCCOc1ccc(CBr)cc1Cl. The number of alkyl halides is 1. The van der Waals surface area contributed by atoms with Gasteiger partial charge < -0.3 is 4.74 Å². The van der Waals surface area contributed by atoms with Gasteiger partial charge in [0.05, 0.1) is 11.6 Å². The van der Waals surface area contributed by atoms with Crippen molar-refractivity contribution in [2.75, 3.05) is 6.61 Å². The molecular weight excluding hydrogens is 275 g/mol.